The average Bonchev–Trinajstić information content (AvgIpc) is 2.96. The summed E-state index contributed by atoms with van der Waals surface area (Å²) in [4.78, 5) is 24.6. The Morgan fingerprint density at radius 3 is 2.77 bits per heavy atom. The van der Waals surface area contributed by atoms with Gasteiger partial charge in [-0.05, 0) is 67.7 Å². The Kier molecular flexibility index (Phi) is 3.09. The number of fused-ring (bicyclic) bond motifs is 5. The van der Waals surface area contributed by atoms with Gasteiger partial charge in [0.15, 0.2) is 11.6 Å². The van der Waals surface area contributed by atoms with Crippen molar-refractivity contribution in [3.05, 3.63) is 11.6 Å². The minimum absolute atomic E-state index is 0.0644. The van der Waals surface area contributed by atoms with Gasteiger partial charge in [0.2, 0.25) is 0 Å². The lowest BCUT2D eigenvalue weighted by molar-refractivity contribution is -0.182. The molecule has 3 fully saturated rings. The number of aliphatic hydroxyl groups excluding tert-OH is 1. The van der Waals surface area contributed by atoms with E-state index in [-0.39, 0.29) is 31.5 Å². The van der Waals surface area contributed by atoms with E-state index in [0.717, 1.165) is 0 Å². The molecule has 0 aromatic carbocycles. The van der Waals surface area contributed by atoms with Crippen molar-refractivity contribution >= 4 is 11.6 Å². The van der Waals surface area contributed by atoms with Gasteiger partial charge in [-0.1, -0.05) is 19.4 Å². The molecule has 0 bridgehead atoms. The average molecular weight is 366 g/mol. The Morgan fingerprint density at radius 1 is 1.35 bits per heavy atom. The minimum atomic E-state index is -2.96. The molecular formula is C21H30O5. The number of ketones is 2. The number of allylic oxidation sites excluding steroid dienone is 1. The number of hydrogen-bond acceptors (Lipinski definition) is 5. The molecule has 5 nitrogen and oxygen atoms in total. The van der Waals surface area contributed by atoms with Crippen molar-refractivity contribution in [3.8, 4) is 0 Å². The Bertz CT molecular complexity index is 856. The van der Waals surface area contributed by atoms with Gasteiger partial charge in [0.25, 0.3) is 0 Å². The van der Waals surface area contributed by atoms with Crippen LogP contribution >= 0.6 is 0 Å². The second-order valence-electron chi connectivity index (χ2n) is 8.79. The van der Waals surface area contributed by atoms with E-state index >= 15 is 0 Å². The topological polar surface area (TPSA) is 94.8 Å². The molecule has 5 heteroatoms. The highest BCUT2D eigenvalue weighted by atomic mass is 16.3. The van der Waals surface area contributed by atoms with Crippen LogP contribution in [0, 0.1) is 28.6 Å². The van der Waals surface area contributed by atoms with Crippen LogP contribution in [0.3, 0.4) is 0 Å². The SMILES string of the molecule is [2H]C12[C@@H](CCC3=CC(=O)CC[C@@]31C)[C@@H]1CC[C@](O)(C(=O)CO)[C@@]1(C)C([2H])([2H])[C@]2([2H])O. The third-order valence-corrected chi connectivity index (χ3v) is 7.75. The lowest BCUT2D eigenvalue weighted by atomic mass is 9.45. The maximum absolute atomic E-state index is 12.6. The molecule has 0 aliphatic heterocycles. The molecule has 0 amide bonds. The number of carbonyl (C=O) groups is 2. The molecule has 0 radical (unpaired) electrons. The fourth-order valence-corrected chi connectivity index (χ4v) is 6.21. The molecule has 4 rings (SSSR count). The Labute approximate surface area is 160 Å². The summed E-state index contributed by atoms with van der Waals surface area (Å²) in [6.45, 7) is 2.16. The number of aliphatic hydroxyl groups is 3. The molecule has 3 N–H and O–H groups in total. The standard InChI is InChI=1S/C21H30O5/c1-19-7-5-13(23)9-12(19)3-4-14-15-6-8-21(26,17(25)11-22)20(15,2)10-16(24)18(14)19/h9,14-16,18,22,24,26H,3-8,10-11H2,1-2H3/t14-,15-,16-,18?,19-,20-,21-/m0/s1/i10D2,16D,18D. The van der Waals surface area contributed by atoms with Crippen molar-refractivity contribution in [2.45, 2.75) is 70.4 Å². The van der Waals surface area contributed by atoms with E-state index in [0.29, 0.717) is 18.4 Å². The maximum atomic E-state index is 12.6. The molecule has 0 saturated heterocycles. The van der Waals surface area contributed by atoms with Crippen molar-refractivity contribution in [2.75, 3.05) is 6.61 Å². The van der Waals surface area contributed by atoms with Crippen LogP contribution in [0.4, 0.5) is 0 Å². The second kappa shape index (κ2) is 5.73. The number of carbonyl (C=O) groups excluding carboxylic acids is 2. The first-order chi connectivity index (χ1) is 13.7. The fourth-order valence-electron chi connectivity index (χ4n) is 6.21. The number of rotatable bonds is 2. The Morgan fingerprint density at radius 2 is 2.08 bits per heavy atom. The minimum Gasteiger partial charge on any atom is -0.393 e. The molecule has 4 aliphatic rings. The van der Waals surface area contributed by atoms with Gasteiger partial charge in [0, 0.05) is 15.9 Å². The van der Waals surface area contributed by atoms with Crippen molar-refractivity contribution in [3.63, 3.8) is 0 Å². The van der Waals surface area contributed by atoms with Crippen LogP contribution in [-0.4, -0.2) is 45.2 Å². The summed E-state index contributed by atoms with van der Waals surface area (Å²) in [5.41, 5.74) is -4.47. The quantitative estimate of drug-likeness (QED) is 0.692. The van der Waals surface area contributed by atoms with E-state index in [1.165, 1.54) is 13.0 Å². The summed E-state index contributed by atoms with van der Waals surface area (Å²) < 4.78 is 36.2. The van der Waals surface area contributed by atoms with Gasteiger partial charge in [0.05, 0.1) is 7.45 Å². The zero-order valence-electron chi connectivity index (χ0n) is 19.3. The summed E-state index contributed by atoms with van der Waals surface area (Å²) >= 11 is 0. The normalized spacial score (nSPS) is 60.3. The monoisotopic (exact) mass is 366 g/mol. The fraction of sp³-hybridized carbons (Fsp3) is 0.810. The first-order valence-electron chi connectivity index (χ1n) is 11.5. The largest absolute Gasteiger partial charge is 0.393 e. The van der Waals surface area contributed by atoms with E-state index in [4.69, 9.17) is 4.11 Å². The van der Waals surface area contributed by atoms with Crippen molar-refractivity contribution in [1.82, 2.24) is 0 Å². The van der Waals surface area contributed by atoms with Crippen LogP contribution in [-0.2, 0) is 9.59 Å². The third kappa shape index (κ3) is 2.14. The molecule has 0 spiro atoms. The lowest BCUT2D eigenvalue weighted by Crippen LogP contribution is -2.62. The second-order valence-corrected chi connectivity index (χ2v) is 8.79. The van der Waals surface area contributed by atoms with Crippen molar-refractivity contribution in [1.29, 1.82) is 0 Å². The van der Waals surface area contributed by atoms with Crippen LogP contribution in [0.1, 0.15) is 64.2 Å². The van der Waals surface area contributed by atoms with Gasteiger partial charge in [-0.25, -0.2) is 0 Å². The van der Waals surface area contributed by atoms with Crippen molar-refractivity contribution in [2.24, 2.45) is 28.6 Å². The first kappa shape index (κ1) is 14.0. The summed E-state index contributed by atoms with van der Waals surface area (Å²) in [7, 11) is 0. The smallest absolute Gasteiger partial charge is 0.190 e. The van der Waals surface area contributed by atoms with Crippen LogP contribution in [0.5, 0.6) is 0 Å². The molecule has 7 atom stereocenters. The maximum Gasteiger partial charge on any atom is 0.190 e. The van der Waals surface area contributed by atoms with Crippen LogP contribution < -0.4 is 0 Å². The first-order valence-corrected chi connectivity index (χ1v) is 9.49. The van der Waals surface area contributed by atoms with E-state index in [1.54, 1.807) is 6.92 Å². The third-order valence-electron chi connectivity index (χ3n) is 7.75. The zero-order chi connectivity index (χ0) is 22.5. The van der Waals surface area contributed by atoms with Crippen molar-refractivity contribution < 1.29 is 30.4 Å². The van der Waals surface area contributed by atoms with Gasteiger partial charge < -0.3 is 15.3 Å². The van der Waals surface area contributed by atoms with Crippen LogP contribution in [0.25, 0.3) is 0 Å². The van der Waals surface area contributed by atoms with Crippen LogP contribution in [0.2, 0.25) is 0 Å². The highest BCUT2D eigenvalue weighted by Gasteiger charge is 2.68. The predicted octanol–water partition coefficient (Wildman–Crippen LogP) is 1.78. The van der Waals surface area contributed by atoms with E-state index in [9.17, 15) is 26.3 Å². The van der Waals surface area contributed by atoms with Gasteiger partial charge in [-0.3, -0.25) is 9.59 Å². The lowest BCUT2D eigenvalue weighted by Gasteiger charge is -2.60. The Hall–Kier alpha value is -1.04. The molecule has 3 saturated carbocycles. The summed E-state index contributed by atoms with van der Waals surface area (Å²) in [6, 6.07) is 0. The summed E-state index contributed by atoms with van der Waals surface area (Å²) in [5, 5.41) is 32.3. The van der Waals surface area contributed by atoms with Gasteiger partial charge in [-0.2, -0.15) is 0 Å². The molecule has 4 aliphatic carbocycles. The number of Topliss-reactive ketones (excluding diaryl/α,β-unsaturated/α-hetero) is 1. The summed E-state index contributed by atoms with van der Waals surface area (Å²) in [6.07, 6.45) is -2.86. The molecule has 26 heavy (non-hydrogen) atoms. The van der Waals surface area contributed by atoms with E-state index in [2.05, 4.69) is 0 Å². The molecule has 1 unspecified atom stereocenters. The molecular weight excluding hydrogens is 332 g/mol. The van der Waals surface area contributed by atoms with E-state index < -0.39 is 59.0 Å². The highest BCUT2D eigenvalue weighted by molar-refractivity contribution is 5.91. The molecule has 0 aromatic heterocycles. The van der Waals surface area contributed by atoms with Gasteiger partial charge >= 0.3 is 0 Å². The van der Waals surface area contributed by atoms with Gasteiger partial charge in [-0.15, -0.1) is 0 Å². The Balaban J connectivity index is 1.97. The highest BCUT2D eigenvalue weighted by Crippen LogP contribution is 2.67. The predicted molar refractivity (Wildman–Crippen MR) is 95.1 cm³/mol. The van der Waals surface area contributed by atoms with Gasteiger partial charge in [0.1, 0.15) is 12.2 Å². The molecule has 0 aromatic rings. The van der Waals surface area contributed by atoms with Crippen LogP contribution in [0.15, 0.2) is 11.6 Å². The summed E-state index contributed by atoms with van der Waals surface area (Å²) in [5.74, 6) is -4.23. The molecule has 144 valence electrons. The number of hydrogen-bond donors (Lipinski definition) is 3. The van der Waals surface area contributed by atoms with E-state index in [1.807, 2.05) is 0 Å². The molecule has 0 heterocycles. The zero-order valence-corrected chi connectivity index (χ0v) is 15.3.